The summed E-state index contributed by atoms with van der Waals surface area (Å²) < 4.78 is 32.3. The molecular weight excluding hydrogens is 406 g/mol. The van der Waals surface area contributed by atoms with Crippen molar-refractivity contribution in [2.24, 2.45) is 0 Å². The minimum Gasteiger partial charge on any atom is -0.495 e. The van der Waals surface area contributed by atoms with Crippen molar-refractivity contribution in [1.29, 1.82) is 0 Å². The van der Waals surface area contributed by atoms with Crippen LogP contribution in [0.3, 0.4) is 0 Å². The molecule has 3 N–H and O–H groups in total. The Morgan fingerprint density at radius 1 is 1.07 bits per heavy atom. The number of halogens is 1. The third-order valence-electron chi connectivity index (χ3n) is 3.61. The van der Waals surface area contributed by atoms with Crippen molar-refractivity contribution in [2.75, 3.05) is 17.7 Å². The maximum atomic E-state index is 12.5. The smallest absolute Gasteiger partial charge is 0.242 e. The summed E-state index contributed by atoms with van der Waals surface area (Å²) in [6.45, 7) is 2.78. The van der Waals surface area contributed by atoms with Gasteiger partial charge in [0.15, 0.2) is 0 Å². The van der Waals surface area contributed by atoms with Crippen LogP contribution in [0.5, 0.6) is 5.75 Å². The van der Waals surface area contributed by atoms with Gasteiger partial charge in [-0.3, -0.25) is 9.59 Å². The highest BCUT2D eigenvalue weighted by Gasteiger charge is 2.23. The quantitative estimate of drug-likeness (QED) is 0.631. The summed E-state index contributed by atoms with van der Waals surface area (Å²) in [5.41, 5.74) is 0.918. The Morgan fingerprint density at radius 3 is 2.29 bits per heavy atom. The molecule has 0 fully saturated rings. The van der Waals surface area contributed by atoms with Crippen LogP contribution in [0.4, 0.5) is 11.4 Å². The number of carbonyl (C=O) groups is 2. The molecule has 8 nitrogen and oxygen atoms in total. The molecule has 0 saturated heterocycles. The summed E-state index contributed by atoms with van der Waals surface area (Å²) in [6, 6.07) is 9.42. The first-order valence-corrected chi connectivity index (χ1v) is 10.0. The molecule has 2 aromatic rings. The maximum Gasteiger partial charge on any atom is 0.242 e. The normalized spacial score (nSPS) is 12.1. The number of amides is 2. The molecule has 0 bridgehead atoms. The number of hydrogen-bond acceptors (Lipinski definition) is 5. The highest BCUT2D eigenvalue weighted by Crippen LogP contribution is 2.27. The number of carbonyl (C=O) groups excluding carboxylic acids is 2. The lowest BCUT2D eigenvalue weighted by Crippen LogP contribution is -2.41. The Balaban J connectivity index is 2.09. The van der Waals surface area contributed by atoms with Crippen LogP contribution >= 0.6 is 11.6 Å². The van der Waals surface area contributed by atoms with Crippen LogP contribution in [0, 0.1) is 0 Å². The standard InChI is InChI=1S/C18H20ClN3O5S/c1-11(18(24)21-14-6-4-5-13(9-14)20-12(2)23)22-28(25,26)15-7-8-17(27-3)16(19)10-15/h4-11,22H,1-3H3,(H,20,23)(H,21,24)/t11-/m1/s1. The Labute approximate surface area is 168 Å². The van der Waals surface area contributed by atoms with E-state index in [-0.39, 0.29) is 15.8 Å². The SMILES string of the molecule is COc1ccc(S(=O)(=O)N[C@H](C)C(=O)Nc2cccc(NC(C)=O)c2)cc1Cl. The molecule has 0 aliphatic carbocycles. The molecule has 10 heteroatoms. The van der Waals surface area contributed by atoms with Crippen molar-refractivity contribution in [3.8, 4) is 5.75 Å². The number of sulfonamides is 1. The fourth-order valence-corrected chi connectivity index (χ4v) is 3.85. The van der Waals surface area contributed by atoms with Crippen molar-refractivity contribution in [3.05, 3.63) is 47.5 Å². The van der Waals surface area contributed by atoms with E-state index >= 15 is 0 Å². The third-order valence-corrected chi connectivity index (χ3v) is 5.44. The molecule has 28 heavy (non-hydrogen) atoms. The van der Waals surface area contributed by atoms with Crippen LogP contribution in [-0.2, 0) is 19.6 Å². The second-order valence-electron chi connectivity index (χ2n) is 5.89. The summed E-state index contributed by atoms with van der Waals surface area (Å²) in [4.78, 5) is 23.4. The summed E-state index contributed by atoms with van der Waals surface area (Å²) >= 11 is 5.97. The van der Waals surface area contributed by atoms with Crippen LogP contribution in [-0.4, -0.2) is 33.4 Å². The van der Waals surface area contributed by atoms with Crippen molar-refractivity contribution < 1.29 is 22.7 Å². The van der Waals surface area contributed by atoms with E-state index in [1.165, 1.54) is 39.2 Å². The molecule has 0 aliphatic heterocycles. The predicted molar refractivity (Wildman–Crippen MR) is 107 cm³/mol. The average molecular weight is 426 g/mol. The van der Waals surface area contributed by atoms with Gasteiger partial charge in [-0.05, 0) is 43.3 Å². The maximum absolute atomic E-state index is 12.5. The van der Waals surface area contributed by atoms with Gasteiger partial charge in [-0.2, -0.15) is 4.72 Å². The van der Waals surface area contributed by atoms with Gasteiger partial charge in [0, 0.05) is 18.3 Å². The van der Waals surface area contributed by atoms with E-state index in [2.05, 4.69) is 15.4 Å². The lowest BCUT2D eigenvalue weighted by atomic mass is 10.2. The Hall–Kier alpha value is -2.62. The second-order valence-corrected chi connectivity index (χ2v) is 8.01. The second kappa shape index (κ2) is 9.05. The molecule has 0 heterocycles. The van der Waals surface area contributed by atoms with Crippen LogP contribution in [0.1, 0.15) is 13.8 Å². The Morgan fingerprint density at radius 2 is 1.71 bits per heavy atom. The first kappa shape index (κ1) is 21.7. The number of anilines is 2. The molecule has 0 unspecified atom stereocenters. The lowest BCUT2D eigenvalue weighted by Gasteiger charge is -2.15. The van der Waals surface area contributed by atoms with Crippen LogP contribution in [0.15, 0.2) is 47.4 Å². The minimum atomic E-state index is -3.98. The van der Waals surface area contributed by atoms with E-state index in [0.29, 0.717) is 17.1 Å². The highest BCUT2D eigenvalue weighted by molar-refractivity contribution is 7.89. The van der Waals surface area contributed by atoms with Crippen molar-refractivity contribution in [2.45, 2.75) is 24.8 Å². The molecule has 0 spiro atoms. The first-order valence-electron chi connectivity index (χ1n) is 8.17. The minimum absolute atomic E-state index is 0.0920. The van der Waals surface area contributed by atoms with Gasteiger partial charge in [0.1, 0.15) is 5.75 Å². The Bertz CT molecular complexity index is 994. The van der Waals surface area contributed by atoms with Gasteiger partial charge in [0.25, 0.3) is 0 Å². The van der Waals surface area contributed by atoms with Gasteiger partial charge < -0.3 is 15.4 Å². The zero-order chi connectivity index (χ0) is 20.9. The van der Waals surface area contributed by atoms with Crippen LogP contribution in [0.2, 0.25) is 5.02 Å². The fraction of sp³-hybridized carbons (Fsp3) is 0.222. The molecule has 2 aromatic carbocycles. The largest absolute Gasteiger partial charge is 0.495 e. The lowest BCUT2D eigenvalue weighted by molar-refractivity contribution is -0.117. The molecule has 2 amide bonds. The molecule has 2 rings (SSSR count). The van der Waals surface area contributed by atoms with E-state index in [1.807, 2.05) is 0 Å². The molecular formula is C18H20ClN3O5S. The van der Waals surface area contributed by atoms with E-state index in [9.17, 15) is 18.0 Å². The zero-order valence-electron chi connectivity index (χ0n) is 15.4. The number of methoxy groups -OCH3 is 1. The molecule has 0 aromatic heterocycles. The van der Waals surface area contributed by atoms with E-state index in [0.717, 1.165) is 0 Å². The first-order chi connectivity index (χ1) is 13.1. The number of hydrogen-bond donors (Lipinski definition) is 3. The number of benzene rings is 2. The van der Waals surface area contributed by atoms with Crippen molar-refractivity contribution in [3.63, 3.8) is 0 Å². The van der Waals surface area contributed by atoms with Gasteiger partial charge in [-0.15, -0.1) is 0 Å². The fourth-order valence-electron chi connectivity index (χ4n) is 2.30. The predicted octanol–water partition coefficient (Wildman–Crippen LogP) is 2.61. The van der Waals surface area contributed by atoms with Crippen molar-refractivity contribution >= 4 is 44.8 Å². The molecule has 0 radical (unpaired) electrons. The molecule has 1 atom stereocenters. The Kier molecular flexibility index (Phi) is 7.00. The van der Waals surface area contributed by atoms with E-state index < -0.39 is 22.0 Å². The summed E-state index contributed by atoms with van der Waals surface area (Å²) in [5.74, 6) is -0.476. The van der Waals surface area contributed by atoms with Gasteiger partial charge in [-0.25, -0.2) is 8.42 Å². The summed E-state index contributed by atoms with van der Waals surface area (Å²) in [5, 5.41) is 5.33. The molecule has 0 saturated carbocycles. The number of rotatable bonds is 7. The van der Waals surface area contributed by atoms with Crippen LogP contribution < -0.4 is 20.1 Å². The van der Waals surface area contributed by atoms with E-state index in [1.54, 1.807) is 24.3 Å². The third kappa shape index (κ3) is 5.69. The van der Waals surface area contributed by atoms with Gasteiger partial charge >= 0.3 is 0 Å². The van der Waals surface area contributed by atoms with Crippen molar-refractivity contribution in [1.82, 2.24) is 4.72 Å². The summed E-state index contributed by atoms with van der Waals surface area (Å²) in [6.07, 6.45) is 0. The van der Waals surface area contributed by atoms with Gasteiger partial charge in [0.2, 0.25) is 21.8 Å². The van der Waals surface area contributed by atoms with Crippen LogP contribution in [0.25, 0.3) is 0 Å². The average Bonchev–Trinajstić information content (AvgIpc) is 2.61. The van der Waals surface area contributed by atoms with Gasteiger partial charge in [0.05, 0.1) is 23.1 Å². The highest BCUT2D eigenvalue weighted by atomic mass is 35.5. The van der Waals surface area contributed by atoms with E-state index in [4.69, 9.17) is 16.3 Å². The van der Waals surface area contributed by atoms with Gasteiger partial charge in [-0.1, -0.05) is 17.7 Å². The summed E-state index contributed by atoms with van der Waals surface area (Å²) in [7, 11) is -2.56. The zero-order valence-corrected chi connectivity index (χ0v) is 17.0. The molecule has 0 aliphatic rings. The molecule has 150 valence electrons. The number of nitrogens with one attached hydrogen (secondary N) is 3. The number of ether oxygens (including phenoxy) is 1. The topological polar surface area (TPSA) is 114 Å². The monoisotopic (exact) mass is 425 g/mol.